The number of nitrogens with one attached hydrogen (secondary N) is 2. The number of anilines is 1. The molecular formula is C13H23N5O. The molecular weight excluding hydrogens is 242 g/mol. The van der Waals surface area contributed by atoms with Gasteiger partial charge in [0.1, 0.15) is 11.4 Å². The number of aryl methyl sites for hydroxylation is 2. The molecule has 6 nitrogen and oxygen atoms in total. The molecule has 0 spiro atoms. The minimum absolute atomic E-state index is 0.387. The maximum absolute atomic E-state index is 11.5. The highest BCUT2D eigenvalue weighted by atomic mass is 16.1. The van der Waals surface area contributed by atoms with E-state index in [9.17, 15) is 4.79 Å². The minimum atomic E-state index is -0.419. The number of primary amides is 1. The Labute approximate surface area is 113 Å². The third-order valence-corrected chi connectivity index (χ3v) is 3.94. The summed E-state index contributed by atoms with van der Waals surface area (Å²) in [6.07, 6.45) is 4.48. The van der Waals surface area contributed by atoms with Crippen molar-refractivity contribution in [2.45, 2.75) is 44.7 Å². The van der Waals surface area contributed by atoms with Crippen molar-refractivity contribution in [1.29, 1.82) is 0 Å². The van der Waals surface area contributed by atoms with Crippen LogP contribution in [0.15, 0.2) is 0 Å². The summed E-state index contributed by atoms with van der Waals surface area (Å²) in [7, 11) is 3.84. The summed E-state index contributed by atoms with van der Waals surface area (Å²) in [6.45, 7) is 1.81. The molecule has 0 aliphatic heterocycles. The lowest BCUT2D eigenvalue weighted by Gasteiger charge is -2.29. The first-order valence-corrected chi connectivity index (χ1v) is 6.80. The van der Waals surface area contributed by atoms with Gasteiger partial charge in [0.25, 0.3) is 5.91 Å². The molecule has 1 aromatic heterocycles. The maximum Gasteiger partial charge on any atom is 0.254 e. The standard InChI is InChI=1S/C13H23N5O/c1-8-11(12(14)19)13(18(3)17-8)16-10-6-4-9(15-2)5-7-10/h9-10,15-16H,4-7H2,1-3H3,(H2,14,19). The Balaban J connectivity index is 2.09. The SMILES string of the molecule is CNC1CCC(Nc2c(C(N)=O)c(C)nn2C)CC1. The smallest absolute Gasteiger partial charge is 0.254 e. The third-order valence-electron chi connectivity index (χ3n) is 3.94. The average molecular weight is 265 g/mol. The van der Waals surface area contributed by atoms with Crippen molar-refractivity contribution in [3.8, 4) is 0 Å². The zero-order chi connectivity index (χ0) is 14.0. The van der Waals surface area contributed by atoms with Gasteiger partial charge in [0.15, 0.2) is 0 Å². The molecule has 19 heavy (non-hydrogen) atoms. The highest BCUT2D eigenvalue weighted by Crippen LogP contribution is 2.25. The molecule has 1 amide bonds. The second-order valence-corrected chi connectivity index (χ2v) is 5.28. The van der Waals surface area contributed by atoms with Crippen molar-refractivity contribution in [3.63, 3.8) is 0 Å². The van der Waals surface area contributed by atoms with Crippen LogP contribution >= 0.6 is 0 Å². The molecule has 0 unspecified atom stereocenters. The van der Waals surface area contributed by atoms with Gasteiger partial charge in [-0.25, -0.2) is 0 Å². The van der Waals surface area contributed by atoms with Gasteiger partial charge in [-0.2, -0.15) is 5.10 Å². The second kappa shape index (κ2) is 5.61. The molecule has 0 atom stereocenters. The van der Waals surface area contributed by atoms with E-state index in [-0.39, 0.29) is 0 Å². The van der Waals surface area contributed by atoms with E-state index in [1.807, 2.05) is 21.0 Å². The fraction of sp³-hybridized carbons (Fsp3) is 0.692. The Morgan fingerprint density at radius 1 is 1.32 bits per heavy atom. The Bertz CT molecular complexity index is 460. The molecule has 1 aliphatic rings. The summed E-state index contributed by atoms with van der Waals surface area (Å²) in [5, 5.41) is 11.0. The zero-order valence-electron chi connectivity index (χ0n) is 11.9. The number of rotatable bonds is 4. The lowest BCUT2D eigenvalue weighted by molar-refractivity contribution is 0.100. The van der Waals surface area contributed by atoms with E-state index in [0.717, 1.165) is 31.5 Å². The first-order valence-electron chi connectivity index (χ1n) is 6.80. The minimum Gasteiger partial charge on any atom is -0.367 e. The van der Waals surface area contributed by atoms with E-state index in [2.05, 4.69) is 15.7 Å². The summed E-state index contributed by atoms with van der Waals surface area (Å²) in [6, 6.07) is 0.999. The molecule has 0 saturated heterocycles. The highest BCUT2D eigenvalue weighted by Gasteiger charge is 2.24. The number of carbonyl (C=O) groups excluding carboxylic acids is 1. The predicted octanol–water partition coefficient (Wildman–Crippen LogP) is 0.770. The van der Waals surface area contributed by atoms with Crippen molar-refractivity contribution in [1.82, 2.24) is 15.1 Å². The van der Waals surface area contributed by atoms with Crippen LogP contribution in [0, 0.1) is 6.92 Å². The summed E-state index contributed by atoms with van der Waals surface area (Å²) >= 11 is 0. The number of aromatic nitrogens is 2. The fourth-order valence-corrected chi connectivity index (χ4v) is 2.84. The summed E-state index contributed by atoms with van der Waals surface area (Å²) in [5.41, 5.74) is 6.63. The quantitative estimate of drug-likeness (QED) is 0.750. The van der Waals surface area contributed by atoms with Crippen molar-refractivity contribution < 1.29 is 4.79 Å². The Morgan fingerprint density at radius 2 is 1.89 bits per heavy atom. The summed E-state index contributed by atoms with van der Waals surface area (Å²) < 4.78 is 1.71. The molecule has 6 heteroatoms. The van der Waals surface area contributed by atoms with Crippen LogP contribution in [0.3, 0.4) is 0 Å². The number of carbonyl (C=O) groups is 1. The van der Waals surface area contributed by atoms with Crippen LogP contribution < -0.4 is 16.4 Å². The van der Waals surface area contributed by atoms with Crippen LogP contribution in [0.5, 0.6) is 0 Å². The number of amides is 1. The number of nitrogens with two attached hydrogens (primary N) is 1. The van der Waals surface area contributed by atoms with E-state index in [1.165, 1.54) is 0 Å². The average Bonchev–Trinajstić information content (AvgIpc) is 2.65. The zero-order valence-corrected chi connectivity index (χ0v) is 11.9. The van der Waals surface area contributed by atoms with Crippen molar-refractivity contribution in [2.75, 3.05) is 12.4 Å². The Kier molecular flexibility index (Phi) is 4.09. The lowest BCUT2D eigenvalue weighted by atomic mass is 9.91. The highest BCUT2D eigenvalue weighted by molar-refractivity contribution is 5.98. The molecule has 0 radical (unpaired) electrons. The van der Waals surface area contributed by atoms with E-state index < -0.39 is 5.91 Å². The molecule has 106 valence electrons. The Morgan fingerprint density at radius 3 is 2.42 bits per heavy atom. The van der Waals surface area contributed by atoms with Gasteiger partial charge >= 0.3 is 0 Å². The van der Waals surface area contributed by atoms with Gasteiger partial charge in [-0.1, -0.05) is 0 Å². The van der Waals surface area contributed by atoms with Crippen molar-refractivity contribution in [2.24, 2.45) is 12.8 Å². The molecule has 0 aromatic carbocycles. The number of hydrogen-bond acceptors (Lipinski definition) is 4. The second-order valence-electron chi connectivity index (χ2n) is 5.28. The maximum atomic E-state index is 11.5. The van der Waals surface area contributed by atoms with Gasteiger partial charge in [0.2, 0.25) is 0 Å². The lowest BCUT2D eigenvalue weighted by Crippen LogP contribution is -2.35. The van der Waals surface area contributed by atoms with Crippen molar-refractivity contribution in [3.05, 3.63) is 11.3 Å². The molecule has 2 rings (SSSR count). The van der Waals surface area contributed by atoms with Crippen LogP contribution in [-0.4, -0.2) is 34.8 Å². The topological polar surface area (TPSA) is 85.0 Å². The first-order chi connectivity index (χ1) is 9.02. The summed E-state index contributed by atoms with van der Waals surface area (Å²) in [5.74, 6) is 0.329. The summed E-state index contributed by atoms with van der Waals surface area (Å²) in [4.78, 5) is 11.5. The van der Waals surface area contributed by atoms with Gasteiger partial charge in [0, 0.05) is 19.1 Å². The fourth-order valence-electron chi connectivity index (χ4n) is 2.84. The predicted molar refractivity (Wildman–Crippen MR) is 75.2 cm³/mol. The van der Waals surface area contributed by atoms with Gasteiger partial charge in [-0.05, 0) is 39.7 Å². The van der Waals surface area contributed by atoms with E-state index in [1.54, 1.807) is 4.68 Å². The molecule has 1 heterocycles. The largest absolute Gasteiger partial charge is 0.367 e. The third kappa shape index (κ3) is 2.89. The van der Waals surface area contributed by atoms with Crippen LogP contribution in [-0.2, 0) is 7.05 Å². The molecule has 1 fully saturated rings. The van der Waals surface area contributed by atoms with E-state index in [0.29, 0.717) is 23.3 Å². The molecule has 1 aliphatic carbocycles. The van der Waals surface area contributed by atoms with E-state index in [4.69, 9.17) is 5.73 Å². The Hall–Kier alpha value is -1.56. The molecule has 0 bridgehead atoms. The first kappa shape index (κ1) is 13.9. The van der Waals surface area contributed by atoms with E-state index >= 15 is 0 Å². The number of hydrogen-bond donors (Lipinski definition) is 3. The van der Waals surface area contributed by atoms with Gasteiger partial charge in [0.05, 0.1) is 5.69 Å². The number of nitrogens with zero attached hydrogens (tertiary/aromatic N) is 2. The van der Waals surface area contributed by atoms with Crippen molar-refractivity contribution >= 4 is 11.7 Å². The van der Waals surface area contributed by atoms with Gasteiger partial charge in [-0.3, -0.25) is 9.48 Å². The monoisotopic (exact) mass is 265 g/mol. The van der Waals surface area contributed by atoms with Crippen LogP contribution in [0.1, 0.15) is 41.7 Å². The normalized spacial score (nSPS) is 23.3. The van der Waals surface area contributed by atoms with Crippen LogP contribution in [0.25, 0.3) is 0 Å². The van der Waals surface area contributed by atoms with Crippen LogP contribution in [0.2, 0.25) is 0 Å². The molecule has 1 aromatic rings. The molecule has 4 N–H and O–H groups in total. The van der Waals surface area contributed by atoms with Crippen LogP contribution in [0.4, 0.5) is 5.82 Å². The van der Waals surface area contributed by atoms with Gasteiger partial charge < -0.3 is 16.4 Å². The molecule has 1 saturated carbocycles. The van der Waals surface area contributed by atoms with Gasteiger partial charge in [-0.15, -0.1) is 0 Å².